The predicted octanol–water partition coefficient (Wildman–Crippen LogP) is 1.27. The summed E-state index contributed by atoms with van der Waals surface area (Å²) in [4.78, 5) is 4.55. The summed E-state index contributed by atoms with van der Waals surface area (Å²) in [6.45, 7) is 3.81. The van der Waals surface area contributed by atoms with Crippen LogP contribution in [-0.4, -0.2) is 28.0 Å². The highest BCUT2D eigenvalue weighted by Crippen LogP contribution is 2.24. The molecule has 0 N–H and O–H groups in total. The van der Waals surface area contributed by atoms with Crippen LogP contribution in [0, 0.1) is 0 Å². The third-order valence-corrected chi connectivity index (χ3v) is 2.77. The van der Waals surface area contributed by atoms with Crippen LogP contribution in [0.4, 0.5) is 0 Å². The van der Waals surface area contributed by atoms with Crippen molar-refractivity contribution in [2.75, 3.05) is 13.2 Å². The number of hydrogen-bond acceptors (Lipinski definition) is 3. The van der Waals surface area contributed by atoms with E-state index in [0.29, 0.717) is 5.92 Å². The lowest BCUT2D eigenvalue weighted by atomic mass is 10.00. The van der Waals surface area contributed by atoms with E-state index in [1.165, 1.54) is 0 Å². The van der Waals surface area contributed by atoms with Gasteiger partial charge in [0.05, 0.1) is 0 Å². The second kappa shape index (κ2) is 4.09. The number of rotatable bonds is 2. The van der Waals surface area contributed by atoms with Crippen LogP contribution >= 0.6 is 0 Å². The number of hydrogen-bond donors (Lipinski definition) is 0. The normalized spacial score (nSPS) is 18.7. The molecule has 0 radical (unpaired) electrons. The van der Waals surface area contributed by atoms with E-state index >= 15 is 0 Å². The van der Waals surface area contributed by atoms with Gasteiger partial charge in [-0.1, -0.05) is 6.92 Å². The average molecular weight is 195 g/mol. The van der Waals surface area contributed by atoms with E-state index in [1.807, 2.05) is 11.7 Å². The van der Waals surface area contributed by atoms with Crippen LogP contribution < -0.4 is 0 Å². The van der Waals surface area contributed by atoms with E-state index in [1.54, 1.807) is 0 Å². The monoisotopic (exact) mass is 195 g/mol. The Balaban J connectivity index is 2.14. The van der Waals surface area contributed by atoms with Crippen molar-refractivity contribution >= 4 is 0 Å². The SMILES string of the molecule is CCc1nc(C2CCOCC2)nn1C. The van der Waals surface area contributed by atoms with Crippen molar-refractivity contribution in [2.24, 2.45) is 7.05 Å². The Labute approximate surface area is 84.3 Å². The van der Waals surface area contributed by atoms with Gasteiger partial charge >= 0.3 is 0 Å². The molecule has 0 spiro atoms. The molecule has 1 aromatic rings. The Bertz CT molecular complexity index is 302. The summed E-state index contributed by atoms with van der Waals surface area (Å²) in [6.07, 6.45) is 3.08. The summed E-state index contributed by atoms with van der Waals surface area (Å²) in [5, 5.41) is 4.46. The molecule has 1 fully saturated rings. The predicted molar refractivity (Wildman–Crippen MR) is 53.2 cm³/mol. The highest BCUT2D eigenvalue weighted by atomic mass is 16.5. The van der Waals surface area contributed by atoms with Gasteiger partial charge in [0.25, 0.3) is 0 Å². The molecule has 0 atom stereocenters. The van der Waals surface area contributed by atoms with Crippen LogP contribution in [0.2, 0.25) is 0 Å². The van der Waals surface area contributed by atoms with Crippen molar-refractivity contribution < 1.29 is 4.74 Å². The topological polar surface area (TPSA) is 39.9 Å². The van der Waals surface area contributed by atoms with Crippen molar-refractivity contribution in [1.29, 1.82) is 0 Å². The fraction of sp³-hybridized carbons (Fsp3) is 0.800. The summed E-state index contributed by atoms with van der Waals surface area (Å²) in [5.74, 6) is 2.59. The van der Waals surface area contributed by atoms with Gasteiger partial charge in [0.2, 0.25) is 0 Å². The zero-order valence-corrected chi connectivity index (χ0v) is 8.86. The minimum Gasteiger partial charge on any atom is -0.381 e. The van der Waals surface area contributed by atoms with Crippen molar-refractivity contribution in [1.82, 2.24) is 14.8 Å². The molecular formula is C10H17N3O. The molecule has 0 amide bonds. The molecule has 4 nitrogen and oxygen atoms in total. The average Bonchev–Trinajstić information content (AvgIpc) is 2.61. The van der Waals surface area contributed by atoms with Crippen LogP contribution in [0.15, 0.2) is 0 Å². The van der Waals surface area contributed by atoms with Gasteiger partial charge in [-0.05, 0) is 12.8 Å². The highest BCUT2D eigenvalue weighted by molar-refractivity contribution is 5.00. The maximum Gasteiger partial charge on any atom is 0.154 e. The van der Waals surface area contributed by atoms with Gasteiger partial charge in [-0.25, -0.2) is 4.98 Å². The summed E-state index contributed by atoms with van der Waals surface area (Å²) in [7, 11) is 1.97. The Kier molecular flexibility index (Phi) is 2.82. The molecule has 0 unspecified atom stereocenters. The first-order valence-electron chi connectivity index (χ1n) is 5.28. The van der Waals surface area contributed by atoms with Crippen LogP contribution in [0.1, 0.15) is 37.3 Å². The molecule has 2 rings (SSSR count). The van der Waals surface area contributed by atoms with Crippen molar-refractivity contribution in [3.8, 4) is 0 Å². The Morgan fingerprint density at radius 1 is 1.43 bits per heavy atom. The lowest BCUT2D eigenvalue weighted by Crippen LogP contribution is -2.15. The highest BCUT2D eigenvalue weighted by Gasteiger charge is 2.20. The number of nitrogens with zero attached hydrogens (tertiary/aromatic N) is 3. The van der Waals surface area contributed by atoms with Gasteiger partial charge in [0, 0.05) is 32.6 Å². The molecular weight excluding hydrogens is 178 g/mol. The lowest BCUT2D eigenvalue weighted by Gasteiger charge is -2.18. The van der Waals surface area contributed by atoms with Gasteiger partial charge in [0.1, 0.15) is 5.82 Å². The third-order valence-electron chi connectivity index (χ3n) is 2.77. The first-order valence-corrected chi connectivity index (χ1v) is 5.28. The molecule has 78 valence electrons. The van der Waals surface area contributed by atoms with Crippen LogP contribution in [0.5, 0.6) is 0 Å². The first kappa shape index (κ1) is 9.65. The van der Waals surface area contributed by atoms with E-state index in [2.05, 4.69) is 17.0 Å². The summed E-state index contributed by atoms with van der Waals surface area (Å²) in [6, 6.07) is 0. The smallest absolute Gasteiger partial charge is 0.154 e. The fourth-order valence-corrected chi connectivity index (χ4v) is 1.87. The first-order chi connectivity index (χ1) is 6.81. The van der Waals surface area contributed by atoms with Crippen LogP contribution in [0.25, 0.3) is 0 Å². The van der Waals surface area contributed by atoms with E-state index in [4.69, 9.17) is 4.74 Å². The van der Waals surface area contributed by atoms with Gasteiger partial charge in [-0.3, -0.25) is 4.68 Å². The molecule has 14 heavy (non-hydrogen) atoms. The van der Waals surface area contributed by atoms with Gasteiger partial charge in [0.15, 0.2) is 5.82 Å². The maximum atomic E-state index is 5.32. The zero-order valence-electron chi connectivity index (χ0n) is 8.86. The maximum absolute atomic E-state index is 5.32. The summed E-state index contributed by atoms with van der Waals surface area (Å²) >= 11 is 0. The largest absolute Gasteiger partial charge is 0.381 e. The van der Waals surface area contributed by atoms with Gasteiger partial charge in [-0.2, -0.15) is 5.10 Å². The van der Waals surface area contributed by atoms with Crippen molar-refractivity contribution in [2.45, 2.75) is 32.1 Å². The zero-order chi connectivity index (χ0) is 9.97. The standard InChI is InChI=1S/C10H17N3O/c1-3-9-11-10(12-13(9)2)8-4-6-14-7-5-8/h8H,3-7H2,1-2H3. The van der Waals surface area contributed by atoms with E-state index in [0.717, 1.165) is 44.1 Å². The molecule has 2 heterocycles. The van der Waals surface area contributed by atoms with Crippen LogP contribution in [0.3, 0.4) is 0 Å². The minimum absolute atomic E-state index is 0.509. The van der Waals surface area contributed by atoms with Crippen molar-refractivity contribution in [3.05, 3.63) is 11.6 Å². The summed E-state index contributed by atoms with van der Waals surface area (Å²) < 4.78 is 7.22. The number of aromatic nitrogens is 3. The summed E-state index contributed by atoms with van der Waals surface area (Å²) in [5.41, 5.74) is 0. The second-order valence-corrected chi connectivity index (χ2v) is 3.75. The molecule has 1 aliphatic heterocycles. The molecule has 0 aromatic carbocycles. The number of aryl methyl sites for hydroxylation is 2. The Hall–Kier alpha value is -0.900. The lowest BCUT2D eigenvalue weighted by molar-refractivity contribution is 0.0835. The molecule has 0 bridgehead atoms. The van der Waals surface area contributed by atoms with Gasteiger partial charge < -0.3 is 4.74 Å². The van der Waals surface area contributed by atoms with E-state index in [9.17, 15) is 0 Å². The van der Waals surface area contributed by atoms with E-state index < -0.39 is 0 Å². The fourth-order valence-electron chi connectivity index (χ4n) is 1.87. The third kappa shape index (κ3) is 1.80. The van der Waals surface area contributed by atoms with E-state index in [-0.39, 0.29) is 0 Å². The molecule has 1 saturated heterocycles. The van der Waals surface area contributed by atoms with Gasteiger partial charge in [-0.15, -0.1) is 0 Å². The Morgan fingerprint density at radius 2 is 2.14 bits per heavy atom. The second-order valence-electron chi connectivity index (χ2n) is 3.75. The molecule has 0 saturated carbocycles. The minimum atomic E-state index is 0.509. The Morgan fingerprint density at radius 3 is 2.71 bits per heavy atom. The van der Waals surface area contributed by atoms with Crippen LogP contribution in [-0.2, 0) is 18.2 Å². The van der Waals surface area contributed by atoms with Crippen molar-refractivity contribution in [3.63, 3.8) is 0 Å². The quantitative estimate of drug-likeness (QED) is 0.713. The molecule has 1 aliphatic rings. The molecule has 4 heteroatoms. The molecule has 0 aliphatic carbocycles. The number of ether oxygens (including phenoxy) is 1. The molecule has 1 aromatic heterocycles.